The number of hydrogen-bond acceptors (Lipinski definition) is 9. The second-order valence-electron chi connectivity index (χ2n) is 12.2. The highest BCUT2D eigenvalue weighted by molar-refractivity contribution is 5.89. The molecule has 0 amide bonds. The molecule has 9 heteroatoms. The molecule has 4 N–H and O–H groups in total. The Balaban J connectivity index is 0.000000195. The smallest absolute Gasteiger partial charge is 0.227 e. The van der Waals surface area contributed by atoms with Gasteiger partial charge in [0.05, 0.1) is 5.56 Å². The van der Waals surface area contributed by atoms with Crippen LogP contribution in [0, 0.1) is 13.8 Å². The minimum absolute atomic E-state index is 0. The molecule has 0 atom stereocenters. The van der Waals surface area contributed by atoms with Gasteiger partial charge in [0.1, 0.15) is 22.5 Å². The van der Waals surface area contributed by atoms with Crippen LogP contribution in [0.3, 0.4) is 0 Å². The Labute approximate surface area is 314 Å². The third kappa shape index (κ3) is 7.92. The maximum Gasteiger partial charge on any atom is 0.227 e. The number of hydrogen-bond donors (Lipinski definition) is 4. The number of aromatic nitrogens is 2. The third-order valence-electron chi connectivity index (χ3n) is 8.92. The lowest BCUT2D eigenvalue weighted by molar-refractivity contribution is 0.112. The lowest BCUT2D eigenvalue weighted by Crippen LogP contribution is -2.04. The van der Waals surface area contributed by atoms with E-state index >= 15 is 0 Å². The molecule has 6 aromatic carbocycles. The summed E-state index contributed by atoms with van der Waals surface area (Å²) >= 11 is 0. The Morgan fingerprint density at radius 1 is 0.611 bits per heavy atom. The van der Waals surface area contributed by atoms with Gasteiger partial charge in [0.2, 0.25) is 11.8 Å². The molecule has 54 heavy (non-hydrogen) atoms. The molecule has 0 spiro atoms. The van der Waals surface area contributed by atoms with Crippen molar-refractivity contribution in [1.29, 1.82) is 0 Å². The zero-order valence-corrected chi connectivity index (χ0v) is 29.8. The van der Waals surface area contributed by atoms with Crippen LogP contribution in [0.2, 0.25) is 0 Å². The van der Waals surface area contributed by atoms with E-state index in [9.17, 15) is 15.0 Å². The van der Waals surface area contributed by atoms with E-state index in [1.807, 2.05) is 80.7 Å². The van der Waals surface area contributed by atoms with Gasteiger partial charge in [-0.1, -0.05) is 92.4 Å². The van der Waals surface area contributed by atoms with Gasteiger partial charge in [0, 0.05) is 42.5 Å². The van der Waals surface area contributed by atoms with Crippen LogP contribution < -0.4 is 5.32 Å². The first-order chi connectivity index (χ1) is 25.8. The Morgan fingerprint density at radius 3 is 1.52 bits per heavy atom. The third-order valence-corrected chi connectivity index (χ3v) is 8.92. The fraction of sp³-hybridized carbons (Fsp3) is 0.133. The Hall–Kier alpha value is -6.55. The molecule has 0 aliphatic heterocycles. The van der Waals surface area contributed by atoms with Gasteiger partial charge in [-0.2, -0.15) is 0 Å². The molecule has 8 rings (SSSR count). The molecule has 0 saturated carbocycles. The van der Waals surface area contributed by atoms with Crippen LogP contribution in [0.15, 0.2) is 130 Å². The van der Waals surface area contributed by atoms with Crippen LogP contribution in [-0.4, -0.2) is 45.7 Å². The standard InChI is InChI=1S/C22H20N2O2.C21H15NO3.CH4O.CH4/c1-14-17(15-7-4-3-5-8-15)9-6-10-18(14)22-24-19-11-16(13-23-2)20(25)12-21(19)26-22;1-13-16(14-6-3-2-4-7-14)8-5-9-17(13)21-22-18-10-15(12-23)19(24)11-20(18)25-21;1-2;/h3-12,23,25H,13H2,1-2H3;2-12,24H,1H3;2H,1H3;1H4. The topological polar surface area (TPSA) is 142 Å². The Kier molecular flexibility index (Phi) is 12.4. The average molecular weight is 722 g/mol. The largest absolute Gasteiger partial charge is 0.507 e. The maximum atomic E-state index is 11.0. The van der Waals surface area contributed by atoms with E-state index < -0.39 is 0 Å². The molecule has 0 fully saturated rings. The highest BCUT2D eigenvalue weighted by Crippen LogP contribution is 2.36. The van der Waals surface area contributed by atoms with Crippen LogP contribution in [0.4, 0.5) is 0 Å². The van der Waals surface area contributed by atoms with E-state index in [-0.39, 0.29) is 24.5 Å². The number of fused-ring (bicyclic) bond motifs is 2. The van der Waals surface area contributed by atoms with Crippen molar-refractivity contribution in [2.24, 2.45) is 0 Å². The minimum atomic E-state index is -0.111. The number of carbonyl (C=O) groups excluding carboxylic acids is 1. The summed E-state index contributed by atoms with van der Waals surface area (Å²) in [5.74, 6) is 1.13. The molecular formula is C45H43N3O6. The molecule has 274 valence electrons. The highest BCUT2D eigenvalue weighted by Gasteiger charge is 2.17. The first kappa shape index (κ1) is 38.7. The van der Waals surface area contributed by atoms with Crippen molar-refractivity contribution in [1.82, 2.24) is 15.3 Å². The molecule has 9 nitrogen and oxygen atoms in total. The molecule has 2 heterocycles. The quantitative estimate of drug-likeness (QED) is 0.118. The van der Waals surface area contributed by atoms with E-state index in [0.717, 1.165) is 62.7 Å². The molecule has 0 unspecified atom stereocenters. The maximum absolute atomic E-state index is 11.0. The fourth-order valence-corrected chi connectivity index (χ4v) is 6.24. The van der Waals surface area contributed by atoms with E-state index in [2.05, 4.69) is 58.6 Å². The number of aliphatic hydroxyl groups excluding tert-OH is 1. The molecule has 0 aliphatic carbocycles. The van der Waals surface area contributed by atoms with Crippen LogP contribution in [0.5, 0.6) is 11.5 Å². The summed E-state index contributed by atoms with van der Waals surface area (Å²) in [5.41, 5.74) is 11.9. The number of aromatic hydroxyl groups is 2. The summed E-state index contributed by atoms with van der Waals surface area (Å²) in [6, 6.07) is 39.0. The SMILES string of the molecule is C.CNCc1cc2nc(-c3cccc(-c4ccccc4)c3C)oc2cc1O.CO.Cc1c(-c2ccccc2)cccc1-c1nc2cc(C=O)c(O)cc2o1. The molecule has 0 bridgehead atoms. The van der Waals surface area contributed by atoms with Crippen molar-refractivity contribution in [2.75, 3.05) is 14.2 Å². The van der Waals surface area contributed by atoms with Gasteiger partial charge in [0.15, 0.2) is 17.5 Å². The van der Waals surface area contributed by atoms with Crippen molar-refractivity contribution in [3.05, 3.63) is 144 Å². The van der Waals surface area contributed by atoms with Crippen molar-refractivity contribution in [3.8, 4) is 56.7 Å². The van der Waals surface area contributed by atoms with Crippen molar-refractivity contribution < 1.29 is 28.9 Å². The van der Waals surface area contributed by atoms with Crippen LogP contribution in [0.25, 0.3) is 67.4 Å². The normalized spacial score (nSPS) is 10.5. The zero-order valence-electron chi connectivity index (χ0n) is 29.8. The monoisotopic (exact) mass is 721 g/mol. The highest BCUT2D eigenvalue weighted by atomic mass is 16.4. The summed E-state index contributed by atoms with van der Waals surface area (Å²) in [6.07, 6.45) is 0.602. The predicted molar refractivity (Wildman–Crippen MR) is 216 cm³/mol. The summed E-state index contributed by atoms with van der Waals surface area (Å²) in [7, 11) is 2.84. The molecule has 0 saturated heterocycles. The number of phenols is 2. The number of phenolic OH excluding ortho intramolecular Hbond substituents is 2. The lowest BCUT2D eigenvalue weighted by Gasteiger charge is -2.09. The second kappa shape index (κ2) is 17.3. The number of benzene rings is 6. The number of nitrogens with one attached hydrogen (secondary N) is 1. The van der Waals surface area contributed by atoms with E-state index in [1.165, 1.54) is 12.1 Å². The molecule has 2 aromatic heterocycles. The molecular weight excluding hydrogens is 679 g/mol. The number of aliphatic hydroxyl groups is 1. The second-order valence-corrected chi connectivity index (χ2v) is 12.2. The van der Waals surface area contributed by atoms with Crippen LogP contribution in [0.1, 0.15) is 34.5 Å². The van der Waals surface area contributed by atoms with Gasteiger partial charge in [-0.15, -0.1) is 0 Å². The number of nitrogens with zero attached hydrogens (tertiary/aromatic N) is 2. The molecule has 0 aliphatic rings. The summed E-state index contributed by atoms with van der Waals surface area (Å²) in [4.78, 5) is 20.1. The first-order valence-corrected chi connectivity index (χ1v) is 17.0. The average Bonchev–Trinajstić information content (AvgIpc) is 3.80. The lowest BCUT2D eigenvalue weighted by atomic mass is 9.96. The van der Waals surface area contributed by atoms with Gasteiger partial charge < -0.3 is 29.5 Å². The van der Waals surface area contributed by atoms with Crippen LogP contribution in [-0.2, 0) is 6.54 Å². The number of aldehydes is 1. The zero-order chi connectivity index (χ0) is 37.5. The van der Waals surface area contributed by atoms with Crippen molar-refractivity contribution >= 4 is 28.5 Å². The van der Waals surface area contributed by atoms with E-state index in [1.54, 1.807) is 6.07 Å². The number of rotatable bonds is 7. The number of oxazole rings is 2. The van der Waals surface area contributed by atoms with Gasteiger partial charge in [-0.25, -0.2) is 9.97 Å². The minimum Gasteiger partial charge on any atom is -0.507 e. The van der Waals surface area contributed by atoms with Gasteiger partial charge in [0.25, 0.3) is 0 Å². The fourth-order valence-electron chi connectivity index (χ4n) is 6.24. The number of carbonyl (C=O) groups is 1. The van der Waals surface area contributed by atoms with Crippen molar-refractivity contribution in [3.63, 3.8) is 0 Å². The summed E-state index contributed by atoms with van der Waals surface area (Å²) in [6.45, 7) is 4.68. The van der Waals surface area contributed by atoms with Gasteiger partial charge in [-0.3, -0.25) is 4.79 Å². The van der Waals surface area contributed by atoms with E-state index in [4.69, 9.17) is 13.9 Å². The van der Waals surface area contributed by atoms with Crippen LogP contribution >= 0.6 is 0 Å². The predicted octanol–water partition coefficient (Wildman–Crippen LogP) is 10.1. The Bertz CT molecular complexity index is 2510. The first-order valence-electron chi connectivity index (χ1n) is 17.0. The summed E-state index contributed by atoms with van der Waals surface area (Å²) in [5, 5.41) is 30.0. The molecule has 0 radical (unpaired) electrons. The molecule has 8 aromatic rings. The Morgan fingerprint density at radius 2 is 1.06 bits per heavy atom. The van der Waals surface area contributed by atoms with E-state index in [0.29, 0.717) is 41.3 Å². The van der Waals surface area contributed by atoms with Crippen molar-refractivity contribution in [2.45, 2.75) is 27.8 Å². The van der Waals surface area contributed by atoms with Gasteiger partial charge in [-0.05, 0) is 78.5 Å². The van der Waals surface area contributed by atoms with Gasteiger partial charge >= 0.3 is 0 Å². The summed E-state index contributed by atoms with van der Waals surface area (Å²) < 4.78 is 11.8.